The van der Waals surface area contributed by atoms with Crippen LogP contribution in [-0.4, -0.2) is 28.9 Å². The molecule has 0 saturated heterocycles. The maximum absolute atomic E-state index is 12.5. The first-order chi connectivity index (χ1) is 8.85. The summed E-state index contributed by atoms with van der Waals surface area (Å²) < 4.78 is 0. The van der Waals surface area contributed by atoms with Gasteiger partial charge >= 0.3 is 0 Å². The zero-order valence-electron chi connectivity index (χ0n) is 12.6. The number of nitrogens with zero attached hydrogens (tertiary/aromatic N) is 2. The molecule has 0 spiro atoms. The van der Waals surface area contributed by atoms with E-state index in [-0.39, 0.29) is 11.8 Å². The standard InChI is InChI=1S/C15H25N3O/c1-6-18(9-10(2)3)15(19)12-7-13(11(4)5)17-14(16)8-12/h7-8,10-11H,6,9H2,1-5H3,(H2,16,17). The molecule has 106 valence electrons. The molecule has 0 aliphatic carbocycles. The number of nitrogen functional groups attached to an aromatic ring is 1. The summed E-state index contributed by atoms with van der Waals surface area (Å²) in [5.41, 5.74) is 7.30. The Bertz CT molecular complexity index is 441. The molecular formula is C15H25N3O. The largest absolute Gasteiger partial charge is 0.384 e. The third kappa shape index (κ3) is 4.23. The Labute approximate surface area is 116 Å². The highest BCUT2D eigenvalue weighted by Gasteiger charge is 2.17. The Morgan fingerprint density at radius 2 is 1.95 bits per heavy atom. The molecule has 2 N–H and O–H groups in total. The number of aromatic nitrogens is 1. The molecule has 0 bridgehead atoms. The second-order valence-electron chi connectivity index (χ2n) is 5.60. The molecule has 1 amide bonds. The molecule has 1 aromatic heterocycles. The molecule has 4 nitrogen and oxygen atoms in total. The summed E-state index contributed by atoms with van der Waals surface area (Å²) in [6, 6.07) is 3.52. The zero-order valence-corrected chi connectivity index (χ0v) is 12.6. The fourth-order valence-corrected chi connectivity index (χ4v) is 1.97. The van der Waals surface area contributed by atoms with Crippen molar-refractivity contribution in [1.29, 1.82) is 0 Å². The van der Waals surface area contributed by atoms with Gasteiger partial charge in [0.05, 0.1) is 0 Å². The summed E-state index contributed by atoms with van der Waals surface area (Å²) in [7, 11) is 0. The molecule has 0 saturated carbocycles. The van der Waals surface area contributed by atoms with Crippen LogP contribution < -0.4 is 5.73 Å². The van der Waals surface area contributed by atoms with E-state index in [0.717, 1.165) is 12.2 Å². The van der Waals surface area contributed by atoms with E-state index in [4.69, 9.17) is 5.73 Å². The van der Waals surface area contributed by atoms with Crippen molar-refractivity contribution in [2.24, 2.45) is 5.92 Å². The van der Waals surface area contributed by atoms with Gasteiger partial charge in [-0.15, -0.1) is 0 Å². The summed E-state index contributed by atoms with van der Waals surface area (Å²) in [6.45, 7) is 11.8. The monoisotopic (exact) mass is 263 g/mol. The van der Waals surface area contributed by atoms with Crippen molar-refractivity contribution in [1.82, 2.24) is 9.88 Å². The highest BCUT2D eigenvalue weighted by Crippen LogP contribution is 2.17. The van der Waals surface area contributed by atoms with Crippen molar-refractivity contribution < 1.29 is 4.79 Å². The minimum Gasteiger partial charge on any atom is -0.384 e. The zero-order chi connectivity index (χ0) is 14.6. The summed E-state index contributed by atoms with van der Waals surface area (Å²) >= 11 is 0. The first-order valence-corrected chi connectivity index (χ1v) is 6.91. The molecule has 19 heavy (non-hydrogen) atoms. The van der Waals surface area contributed by atoms with E-state index >= 15 is 0 Å². The van der Waals surface area contributed by atoms with Crippen LogP contribution >= 0.6 is 0 Å². The van der Waals surface area contributed by atoms with Gasteiger partial charge in [-0.05, 0) is 30.9 Å². The highest BCUT2D eigenvalue weighted by atomic mass is 16.2. The predicted octanol–water partition coefficient (Wildman–Crippen LogP) is 2.91. The van der Waals surface area contributed by atoms with E-state index in [1.54, 1.807) is 6.07 Å². The molecular weight excluding hydrogens is 238 g/mol. The smallest absolute Gasteiger partial charge is 0.254 e. The summed E-state index contributed by atoms with van der Waals surface area (Å²) in [5, 5.41) is 0. The van der Waals surface area contributed by atoms with Gasteiger partial charge in [-0.1, -0.05) is 27.7 Å². The van der Waals surface area contributed by atoms with Crippen LogP contribution in [0.5, 0.6) is 0 Å². The van der Waals surface area contributed by atoms with Crippen molar-refractivity contribution in [3.8, 4) is 0 Å². The molecule has 0 unspecified atom stereocenters. The second-order valence-corrected chi connectivity index (χ2v) is 5.60. The van der Waals surface area contributed by atoms with Crippen LogP contribution in [0.1, 0.15) is 56.6 Å². The quantitative estimate of drug-likeness (QED) is 0.888. The fourth-order valence-electron chi connectivity index (χ4n) is 1.97. The number of anilines is 1. The topological polar surface area (TPSA) is 59.2 Å². The minimum atomic E-state index is 0.0344. The molecule has 0 aliphatic heterocycles. The van der Waals surface area contributed by atoms with Crippen molar-refractivity contribution in [2.45, 2.75) is 40.5 Å². The number of hydrogen-bond acceptors (Lipinski definition) is 3. The Hall–Kier alpha value is -1.58. The van der Waals surface area contributed by atoms with Crippen molar-refractivity contribution >= 4 is 11.7 Å². The lowest BCUT2D eigenvalue weighted by atomic mass is 10.1. The van der Waals surface area contributed by atoms with Gasteiger partial charge < -0.3 is 10.6 Å². The van der Waals surface area contributed by atoms with Gasteiger partial charge in [-0.3, -0.25) is 4.79 Å². The fraction of sp³-hybridized carbons (Fsp3) is 0.600. The number of carbonyl (C=O) groups is 1. The average Bonchev–Trinajstić information content (AvgIpc) is 2.34. The van der Waals surface area contributed by atoms with E-state index in [1.807, 2.05) is 31.7 Å². The first kappa shape index (κ1) is 15.5. The van der Waals surface area contributed by atoms with E-state index in [2.05, 4.69) is 18.8 Å². The Balaban J connectivity index is 3.04. The van der Waals surface area contributed by atoms with Gasteiger partial charge in [0.15, 0.2) is 0 Å². The van der Waals surface area contributed by atoms with Crippen LogP contribution in [0.15, 0.2) is 12.1 Å². The molecule has 0 aliphatic rings. The molecule has 0 radical (unpaired) electrons. The maximum atomic E-state index is 12.5. The number of pyridine rings is 1. The maximum Gasteiger partial charge on any atom is 0.254 e. The number of nitrogens with two attached hydrogens (primary N) is 1. The van der Waals surface area contributed by atoms with Gasteiger partial charge in [-0.2, -0.15) is 0 Å². The van der Waals surface area contributed by atoms with Gasteiger partial charge in [-0.25, -0.2) is 4.98 Å². The minimum absolute atomic E-state index is 0.0344. The van der Waals surface area contributed by atoms with Crippen LogP contribution in [-0.2, 0) is 0 Å². The second kappa shape index (κ2) is 6.55. The summed E-state index contributed by atoms with van der Waals surface area (Å²) in [4.78, 5) is 18.6. The van der Waals surface area contributed by atoms with Gasteiger partial charge in [0.25, 0.3) is 5.91 Å². The lowest BCUT2D eigenvalue weighted by molar-refractivity contribution is 0.0745. The van der Waals surface area contributed by atoms with Crippen molar-refractivity contribution in [3.05, 3.63) is 23.4 Å². The van der Waals surface area contributed by atoms with Gasteiger partial charge in [0.2, 0.25) is 0 Å². The number of amides is 1. The molecule has 1 heterocycles. The summed E-state index contributed by atoms with van der Waals surface area (Å²) in [6.07, 6.45) is 0. The SMILES string of the molecule is CCN(CC(C)C)C(=O)c1cc(N)nc(C(C)C)c1. The molecule has 0 fully saturated rings. The first-order valence-electron chi connectivity index (χ1n) is 6.91. The van der Waals surface area contributed by atoms with Crippen LogP contribution in [0.4, 0.5) is 5.82 Å². The Morgan fingerprint density at radius 3 is 2.42 bits per heavy atom. The van der Waals surface area contributed by atoms with Crippen LogP contribution in [0.2, 0.25) is 0 Å². The Kier molecular flexibility index (Phi) is 5.33. The van der Waals surface area contributed by atoms with E-state index in [1.165, 1.54) is 0 Å². The lowest BCUT2D eigenvalue weighted by Crippen LogP contribution is -2.34. The molecule has 4 heteroatoms. The highest BCUT2D eigenvalue weighted by molar-refractivity contribution is 5.95. The molecule has 0 aromatic carbocycles. The lowest BCUT2D eigenvalue weighted by Gasteiger charge is -2.23. The van der Waals surface area contributed by atoms with E-state index in [0.29, 0.717) is 23.8 Å². The van der Waals surface area contributed by atoms with Crippen LogP contribution in [0.3, 0.4) is 0 Å². The summed E-state index contributed by atoms with van der Waals surface area (Å²) in [5.74, 6) is 1.16. The van der Waals surface area contributed by atoms with Crippen LogP contribution in [0.25, 0.3) is 0 Å². The van der Waals surface area contributed by atoms with Crippen molar-refractivity contribution in [3.63, 3.8) is 0 Å². The van der Waals surface area contributed by atoms with E-state index < -0.39 is 0 Å². The number of hydrogen-bond donors (Lipinski definition) is 1. The number of rotatable bonds is 5. The van der Waals surface area contributed by atoms with E-state index in [9.17, 15) is 4.79 Å². The average molecular weight is 263 g/mol. The normalized spacial score (nSPS) is 11.1. The van der Waals surface area contributed by atoms with Gasteiger partial charge in [0, 0.05) is 24.3 Å². The Morgan fingerprint density at radius 1 is 1.32 bits per heavy atom. The van der Waals surface area contributed by atoms with Crippen LogP contribution in [0, 0.1) is 5.92 Å². The predicted molar refractivity (Wildman–Crippen MR) is 79.2 cm³/mol. The third-order valence-corrected chi connectivity index (χ3v) is 2.96. The molecule has 1 rings (SSSR count). The molecule has 1 aromatic rings. The third-order valence-electron chi connectivity index (χ3n) is 2.96. The number of carbonyl (C=O) groups excluding carboxylic acids is 1. The van der Waals surface area contributed by atoms with Crippen molar-refractivity contribution in [2.75, 3.05) is 18.8 Å². The molecule has 0 atom stereocenters. The van der Waals surface area contributed by atoms with Gasteiger partial charge in [0.1, 0.15) is 5.82 Å².